The molecule has 0 radical (unpaired) electrons. The summed E-state index contributed by atoms with van der Waals surface area (Å²) in [6, 6.07) is 18.9. The number of aromatic nitrogens is 1. The van der Waals surface area contributed by atoms with E-state index in [4.69, 9.17) is 5.21 Å². The molecule has 0 aliphatic heterocycles. The number of para-hydroxylation sites is 1. The second-order valence-electron chi connectivity index (χ2n) is 7.93. The third-order valence-electron chi connectivity index (χ3n) is 5.21. The first-order valence-electron chi connectivity index (χ1n) is 10.8. The van der Waals surface area contributed by atoms with Crippen LogP contribution in [0, 0.1) is 5.21 Å². The minimum atomic E-state index is -1.05. The minimum absolute atomic E-state index is 0.229. The van der Waals surface area contributed by atoms with Gasteiger partial charge in [0.15, 0.2) is 12.0 Å². The summed E-state index contributed by atoms with van der Waals surface area (Å²) in [5.41, 5.74) is 4.02. The molecule has 0 fully saturated rings. The van der Waals surface area contributed by atoms with Gasteiger partial charge in [0.25, 0.3) is 5.91 Å². The van der Waals surface area contributed by atoms with E-state index in [9.17, 15) is 10.0 Å². The van der Waals surface area contributed by atoms with Gasteiger partial charge in [-0.15, -0.1) is 11.3 Å². The van der Waals surface area contributed by atoms with Crippen LogP contribution >= 0.6 is 11.3 Å². The van der Waals surface area contributed by atoms with Crippen LogP contribution < -0.4 is 21.2 Å². The van der Waals surface area contributed by atoms with Crippen molar-refractivity contribution in [3.8, 4) is 0 Å². The molecule has 180 valence electrons. The third kappa shape index (κ3) is 6.14. The van der Waals surface area contributed by atoms with E-state index in [2.05, 4.69) is 20.9 Å². The molecule has 4 aromatic rings. The van der Waals surface area contributed by atoms with Crippen molar-refractivity contribution in [2.45, 2.75) is 6.54 Å². The van der Waals surface area contributed by atoms with Crippen LogP contribution in [0.15, 0.2) is 84.3 Å². The van der Waals surface area contributed by atoms with Crippen LogP contribution in [0.25, 0.3) is 10.9 Å². The second-order valence-corrected chi connectivity index (χ2v) is 8.84. The van der Waals surface area contributed by atoms with Crippen LogP contribution in [0.4, 0.5) is 17.1 Å². The molecule has 2 aromatic heterocycles. The van der Waals surface area contributed by atoms with Gasteiger partial charge in [0.05, 0.1) is 11.2 Å². The maximum atomic E-state index is 13.0. The summed E-state index contributed by atoms with van der Waals surface area (Å²) in [7, 11) is 3.49. The fraction of sp³-hybridized carbons (Fsp3) is 0.120. The van der Waals surface area contributed by atoms with E-state index >= 15 is 0 Å². The minimum Gasteiger partial charge on any atom is -0.595 e. The topological polar surface area (TPSA) is 117 Å². The Balaban J connectivity index is 1.45. The van der Waals surface area contributed by atoms with E-state index in [1.807, 2.05) is 41.8 Å². The van der Waals surface area contributed by atoms with E-state index in [1.165, 1.54) is 11.3 Å². The van der Waals surface area contributed by atoms with Crippen molar-refractivity contribution in [3.63, 3.8) is 0 Å². The van der Waals surface area contributed by atoms with E-state index in [0.717, 1.165) is 28.4 Å². The van der Waals surface area contributed by atoms with Gasteiger partial charge in [-0.1, -0.05) is 24.3 Å². The van der Waals surface area contributed by atoms with Crippen molar-refractivity contribution < 1.29 is 15.2 Å². The fourth-order valence-electron chi connectivity index (χ4n) is 3.53. The summed E-state index contributed by atoms with van der Waals surface area (Å²) >= 11 is 1.36. The molecule has 1 atom stereocenters. The van der Waals surface area contributed by atoms with Gasteiger partial charge >= 0.3 is 0 Å². The molecule has 2 heterocycles. The van der Waals surface area contributed by atoms with Crippen LogP contribution in [-0.2, 0) is 6.54 Å². The lowest BCUT2D eigenvalue weighted by atomic mass is 10.1. The van der Waals surface area contributed by atoms with E-state index < -0.39 is 5.23 Å². The number of nitrogens with one attached hydrogen (secondary N) is 4. The molecule has 4 rings (SSSR count). The first-order chi connectivity index (χ1) is 16.9. The highest BCUT2D eigenvalue weighted by molar-refractivity contribution is 7.12. The third-order valence-corrected chi connectivity index (χ3v) is 6.13. The van der Waals surface area contributed by atoms with Gasteiger partial charge in [-0.25, -0.2) is 5.21 Å². The number of amides is 1. The molecule has 0 saturated heterocycles. The number of hydroxylamine groups is 2. The Labute approximate surface area is 206 Å². The zero-order valence-electron chi connectivity index (χ0n) is 19.3. The monoisotopic (exact) mass is 490 g/mol. The number of rotatable bonds is 9. The van der Waals surface area contributed by atoms with E-state index in [-0.39, 0.29) is 5.91 Å². The number of pyridine rings is 1. The number of fused-ring (bicyclic) bond motifs is 1. The van der Waals surface area contributed by atoms with Crippen molar-refractivity contribution in [2.75, 3.05) is 30.0 Å². The van der Waals surface area contributed by atoms with Crippen molar-refractivity contribution >= 4 is 45.2 Å². The lowest BCUT2D eigenvalue weighted by Crippen LogP contribution is -2.99. The highest BCUT2D eigenvalue weighted by Gasteiger charge is 2.14. The predicted octanol–water partition coefficient (Wildman–Crippen LogP) is 3.71. The number of carbonyl (C=O) groups excluding carboxylic acids is 1. The van der Waals surface area contributed by atoms with Crippen LogP contribution in [0.1, 0.15) is 15.2 Å². The van der Waals surface area contributed by atoms with Gasteiger partial charge in [-0.2, -0.15) is 5.23 Å². The van der Waals surface area contributed by atoms with Crippen molar-refractivity contribution in [3.05, 3.63) is 99.9 Å². The molecule has 0 saturated carbocycles. The number of nitrogens with zero attached hydrogens (tertiary/aromatic N) is 2. The highest BCUT2D eigenvalue weighted by atomic mass is 32.1. The summed E-state index contributed by atoms with van der Waals surface area (Å²) in [4.78, 5) is 19.7. The van der Waals surface area contributed by atoms with Crippen LogP contribution in [0.5, 0.6) is 0 Å². The number of carbonyl (C=O) groups is 1. The Morgan fingerprint density at radius 1 is 1.11 bits per heavy atom. The molecule has 10 heteroatoms. The number of thiophene rings is 1. The summed E-state index contributed by atoms with van der Waals surface area (Å²) in [6.07, 6.45) is 2.87. The Morgan fingerprint density at radius 2 is 1.89 bits per heavy atom. The lowest BCUT2D eigenvalue weighted by molar-refractivity contribution is -1.00. The molecular weight excluding hydrogens is 464 g/mol. The number of anilines is 3. The first kappa shape index (κ1) is 24.2. The quantitative estimate of drug-likeness (QED) is 0.227. The molecule has 0 bridgehead atoms. The normalized spacial score (nSPS) is 12.3. The summed E-state index contributed by atoms with van der Waals surface area (Å²) in [5, 5.41) is 31.4. The van der Waals surface area contributed by atoms with Gasteiger partial charge in [-0.05, 0) is 47.3 Å². The molecule has 1 unspecified atom stereocenters. The van der Waals surface area contributed by atoms with E-state index in [0.29, 0.717) is 28.6 Å². The Bertz CT molecular complexity index is 1350. The van der Waals surface area contributed by atoms with Crippen LogP contribution in [0.2, 0.25) is 0 Å². The fourth-order valence-corrected chi connectivity index (χ4v) is 4.29. The summed E-state index contributed by atoms with van der Waals surface area (Å²) in [5.74, 6) is 0.183. The number of hydrogen-bond donors (Lipinski definition) is 5. The molecule has 0 spiro atoms. The average molecular weight is 491 g/mol. The van der Waals surface area contributed by atoms with Gasteiger partial charge in [0.1, 0.15) is 4.88 Å². The Kier molecular flexibility index (Phi) is 7.58. The Morgan fingerprint density at radius 3 is 2.66 bits per heavy atom. The molecule has 5 N–H and O–H groups in total. The van der Waals surface area contributed by atoms with E-state index in [1.54, 1.807) is 49.5 Å². The zero-order chi connectivity index (χ0) is 24.8. The molecule has 35 heavy (non-hydrogen) atoms. The highest BCUT2D eigenvalue weighted by Crippen LogP contribution is 2.26. The number of quaternary nitrogens is 1. The molecule has 0 aliphatic carbocycles. The van der Waals surface area contributed by atoms with Gasteiger partial charge < -0.3 is 26.1 Å². The smallest absolute Gasteiger partial charge is 0.267 e. The van der Waals surface area contributed by atoms with Gasteiger partial charge in [0, 0.05) is 43.6 Å². The summed E-state index contributed by atoms with van der Waals surface area (Å²) < 4.78 is 0. The molecule has 2 aromatic carbocycles. The standard InChI is InChI=1S/C25H26N6O3S/c1-30(2)23(16-31(33)34)28-18-6-5-7-19(14-18)29-25(32)24-22(11-13-35-24)27-15-17-10-12-26-21-9-4-3-8-20(17)21/h3-14,16,27-28,31,33H,15H2,1-2H3,(H,29,32)/b23-16-. The maximum absolute atomic E-state index is 13.0. The molecule has 9 nitrogen and oxygen atoms in total. The molecular formula is C25H26N6O3S. The Hall–Kier alpha value is -3.96. The largest absolute Gasteiger partial charge is 0.595 e. The van der Waals surface area contributed by atoms with Crippen LogP contribution in [0.3, 0.4) is 0 Å². The predicted molar refractivity (Wildman–Crippen MR) is 139 cm³/mol. The number of benzene rings is 2. The first-order valence-corrected chi connectivity index (χ1v) is 11.7. The maximum Gasteiger partial charge on any atom is 0.267 e. The van der Waals surface area contributed by atoms with Crippen molar-refractivity contribution in [2.24, 2.45) is 0 Å². The number of hydrogen-bond acceptors (Lipinski definition) is 8. The van der Waals surface area contributed by atoms with Crippen LogP contribution in [-0.4, -0.2) is 35.1 Å². The van der Waals surface area contributed by atoms with Crippen molar-refractivity contribution in [1.29, 1.82) is 0 Å². The zero-order valence-corrected chi connectivity index (χ0v) is 20.1. The second kappa shape index (κ2) is 11.0. The molecule has 0 aliphatic rings. The van der Waals surface area contributed by atoms with Gasteiger partial charge in [0.2, 0.25) is 0 Å². The van der Waals surface area contributed by atoms with Crippen molar-refractivity contribution in [1.82, 2.24) is 9.88 Å². The average Bonchev–Trinajstić information content (AvgIpc) is 3.31. The van der Waals surface area contributed by atoms with Gasteiger partial charge in [-0.3, -0.25) is 9.78 Å². The molecule has 1 amide bonds. The summed E-state index contributed by atoms with van der Waals surface area (Å²) in [6.45, 7) is 0.558. The lowest BCUT2D eigenvalue weighted by Gasteiger charge is -2.20. The SMILES string of the molecule is CN(C)/C(=C\[NH+]([O-])O)Nc1cccc(NC(=O)c2sccc2NCc2ccnc3ccccc23)c1.